The van der Waals surface area contributed by atoms with Crippen molar-refractivity contribution in [2.24, 2.45) is 11.8 Å². The normalized spacial score (nSPS) is 18.9. The van der Waals surface area contributed by atoms with Gasteiger partial charge in [-0.05, 0) is 36.3 Å². The quantitative estimate of drug-likeness (QED) is 0.864. The molecule has 0 spiro atoms. The molecule has 0 saturated heterocycles. The Hall–Kier alpha value is -1.84. The fourth-order valence-corrected chi connectivity index (χ4v) is 2.64. The van der Waals surface area contributed by atoms with Crippen molar-refractivity contribution in [1.82, 2.24) is 5.32 Å². The Kier molecular flexibility index (Phi) is 4.77. The molecule has 1 amide bonds. The molecule has 0 heterocycles. The SMILES string of the molecule is CC(CNC(=O)CC1CCc2ccccc2C1)C(=O)O. The minimum atomic E-state index is -0.878. The summed E-state index contributed by atoms with van der Waals surface area (Å²) >= 11 is 0. The van der Waals surface area contributed by atoms with E-state index in [0.29, 0.717) is 12.3 Å². The molecule has 0 fully saturated rings. The monoisotopic (exact) mass is 275 g/mol. The van der Waals surface area contributed by atoms with Gasteiger partial charge < -0.3 is 10.4 Å². The predicted molar refractivity (Wildman–Crippen MR) is 76.4 cm³/mol. The summed E-state index contributed by atoms with van der Waals surface area (Å²) in [7, 11) is 0. The number of rotatable bonds is 5. The average Bonchev–Trinajstić information content (AvgIpc) is 2.44. The number of hydrogen-bond acceptors (Lipinski definition) is 2. The second-order valence-corrected chi connectivity index (χ2v) is 5.63. The molecule has 2 unspecified atom stereocenters. The Labute approximate surface area is 119 Å². The summed E-state index contributed by atoms with van der Waals surface area (Å²) in [5, 5.41) is 11.5. The van der Waals surface area contributed by atoms with E-state index in [1.54, 1.807) is 6.92 Å². The second-order valence-electron chi connectivity index (χ2n) is 5.63. The molecule has 0 saturated carbocycles. The summed E-state index contributed by atoms with van der Waals surface area (Å²) in [5.74, 6) is -1.09. The Morgan fingerprint density at radius 3 is 2.75 bits per heavy atom. The van der Waals surface area contributed by atoms with Crippen molar-refractivity contribution in [3.05, 3.63) is 35.4 Å². The molecule has 0 aliphatic heterocycles. The lowest BCUT2D eigenvalue weighted by Gasteiger charge is -2.24. The molecule has 2 atom stereocenters. The molecule has 1 aromatic carbocycles. The molecule has 108 valence electrons. The summed E-state index contributed by atoms with van der Waals surface area (Å²) in [6.45, 7) is 1.80. The second kappa shape index (κ2) is 6.55. The standard InChI is InChI=1S/C16H21NO3/c1-11(16(19)20)10-17-15(18)9-12-6-7-13-4-2-3-5-14(13)8-12/h2-5,11-12H,6-10H2,1H3,(H,17,18)(H,19,20). The van der Waals surface area contributed by atoms with Gasteiger partial charge in [0.2, 0.25) is 5.91 Å². The Bertz CT molecular complexity index is 498. The molecule has 4 heteroatoms. The van der Waals surface area contributed by atoms with Crippen LogP contribution in [0.15, 0.2) is 24.3 Å². The van der Waals surface area contributed by atoms with E-state index < -0.39 is 11.9 Å². The summed E-state index contributed by atoms with van der Waals surface area (Å²) in [6, 6.07) is 8.38. The van der Waals surface area contributed by atoms with Crippen LogP contribution in [0.3, 0.4) is 0 Å². The van der Waals surface area contributed by atoms with Gasteiger partial charge in [0.1, 0.15) is 0 Å². The number of hydrogen-bond donors (Lipinski definition) is 2. The molecule has 0 bridgehead atoms. The summed E-state index contributed by atoms with van der Waals surface area (Å²) in [6.07, 6.45) is 3.48. The fourth-order valence-electron chi connectivity index (χ4n) is 2.64. The van der Waals surface area contributed by atoms with Crippen LogP contribution in [0.25, 0.3) is 0 Å². The molecule has 2 rings (SSSR count). The third kappa shape index (κ3) is 3.83. The van der Waals surface area contributed by atoms with Crippen LogP contribution in [0.5, 0.6) is 0 Å². The maximum Gasteiger partial charge on any atom is 0.308 e. The van der Waals surface area contributed by atoms with Gasteiger partial charge in [0.05, 0.1) is 5.92 Å². The number of benzene rings is 1. The van der Waals surface area contributed by atoms with Gasteiger partial charge in [-0.1, -0.05) is 31.2 Å². The first-order valence-corrected chi connectivity index (χ1v) is 7.12. The van der Waals surface area contributed by atoms with Crippen molar-refractivity contribution in [2.45, 2.75) is 32.6 Å². The van der Waals surface area contributed by atoms with Gasteiger partial charge in [-0.3, -0.25) is 9.59 Å². The van der Waals surface area contributed by atoms with E-state index in [2.05, 4.69) is 23.5 Å². The van der Waals surface area contributed by atoms with E-state index in [-0.39, 0.29) is 12.5 Å². The van der Waals surface area contributed by atoms with Crippen molar-refractivity contribution in [2.75, 3.05) is 6.54 Å². The van der Waals surface area contributed by atoms with Crippen LogP contribution in [-0.2, 0) is 22.4 Å². The largest absolute Gasteiger partial charge is 0.481 e. The van der Waals surface area contributed by atoms with E-state index >= 15 is 0 Å². The van der Waals surface area contributed by atoms with Crippen LogP contribution in [-0.4, -0.2) is 23.5 Å². The van der Waals surface area contributed by atoms with Crippen LogP contribution in [0.1, 0.15) is 30.9 Å². The Morgan fingerprint density at radius 2 is 2.05 bits per heavy atom. The van der Waals surface area contributed by atoms with E-state index in [0.717, 1.165) is 19.3 Å². The molecule has 20 heavy (non-hydrogen) atoms. The third-order valence-corrected chi connectivity index (χ3v) is 3.95. The minimum absolute atomic E-state index is 0.0394. The molecule has 1 aromatic rings. The average molecular weight is 275 g/mol. The van der Waals surface area contributed by atoms with E-state index in [4.69, 9.17) is 5.11 Å². The first-order chi connectivity index (χ1) is 9.56. The van der Waals surface area contributed by atoms with E-state index in [9.17, 15) is 9.59 Å². The molecular weight excluding hydrogens is 254 g/mol. The van der Waals surface area contributed by atoms with Gasteiger partial charge in [0.25, 0.3) is 0 Å². The van der Waals surface area contributed by atoms with Gasteiger partial charge in [-0.2, -0.15) is 0 Å². The van der Waals surface area contributed by atoms with Crippen LogP contribution in [0.2, 0.25) is 0 Å². The van der Waals surface area contributed by atoms with Gasteiger partial charge >= 0.3 is 5.97 Å². The van der Waals surface area contributed by atoms with E-state index in [1.165, 1.54) is 11.1 Å². The van der Waals surface area contributed by atoms with Crippen LogP contribution in [0, 0.1) is 11.8 Å². The number of nitrogens with one attached hydrogen (secondary N) is 1. The number of aliphatic carboxylic acids is 1. The van der Waals surface area contributed by atoms with Crippen molar-refractivity contribution in [1.29, 1.82) is 0 Å². The third-order valence-electron chi connectivity index (χ3n) is 3.95. The highest BCUT2D eigenvalue weighted by atomic mass is 16.4. The zero-order chi connectivity index (χ0) is 14.5. The maximum atomic E-state index is 11.8. The van der Waals surface area contributed by atoms with Crippen molar-refractivity contribution in [3.63, 3.8) is 0 Å². The number of carboxylic acids is 1. The molecule has 4 nitrogen and oxygen atoms in total. The molecular formula is C16H21NO3. The van der Waals surface area contributed by atoms with Crippen LogP contribution in [0.4, 0.5) is 0 Å². The van der Waals surface area contributed by atoms with Gasteiger partial charge in [-0.15, -0.1) is 0 Å². The zero-order valence-corrected chi connectivity index (χ0v) is 11.8. The number of carbonyl (C=O) groups excluding carboxylic acids is 1. The van der Waals surface area contributed by atoms with Gasteiger partial charge in [-0.25, -0.2) is 0 Å². The number of amides is 1. The maximum absolute atomic E-state index is 11.8. The van der Waals surface area contributed by atoms with Crippen LogP contribution >= 0.6 is 0 Å². The predicted octanol–water partition coefficient (Wildman–Crippen LogP) is 2.02. The highest BCUT2D eigenvalue weighted by Crippen LogP contribution is 2.27. The van der Waals surface area contributed by atoms with Crippen molar-refractivity contribution in [3.8, 4) is 0 Å². The number of aryl methyl sites for hydroxylation is 1. The van der Waals surface area contributed by atoms with Crippen molar-refractivity contribution < 1.29 is 14.7 Å². The van der Waals surface area contributed by atoms with Crippen molar-refractivity contribution >= 4 is 11.9 Å². The molecule has 1 aliphatic rings. The Balaban J connectivity index is 1.80. The summed E-state index contributed by atoms with van der Waals surface area (Å²) in [4.78, 5) is 22.5. The molecule has 0 aromatic heterocycles. The van der Waals surface area contributed by atoms with E-state index in [1.807, 2.05) is 6.07 Å². The topological polar surface area (TPSA) is 66.4 Å². The fraction of sp³-hybridized carbons (Fsp3) is 0.500. The number of carbonyl (C=O) groups is 2. The Morgan fingerprint density at radius 1 is 1.35 bits per heavy atom. The number of carboxylic acid groups (broad SMARTS) is 1. The minimum Gasteiger partial charge on any atom is -0.481 e. The van der Waals surface area contributed by atoms with Gasteiger partial charge in [0.15, 0.2) is 0 Å². The lowest BCUT2D eigenvalue weighted by Crippen LogP contribution is -2.33. The summed E-state index contributed by atoms with van der Waals surface area (Å²) < 4.78 is 0. The molecule has 0 radical (unpaired) electrons. The highest BCUT2D eigenvalue weighted by Gasteiger charge is 2.21. The molecule has 1 aliphatic carbocycles. The smallest absolute Gasteiger partial charge is 0.308 e. The first-order valence-electron chi connectivity index (χ1n) is 7.12. The van der Waals surface area contributed by atoms with Crippen LogP contribution < -0.4 is 5.32 Å². The molecule has 2 N–H and O–H groups in total. The highest BCUT2D eigenvalue weighted by molar-refractivity contribution is 5.77. The lowest BCUT2D eigenvalue weighted by molar-refractivity contribution is -0.141. The summed E-state index contributed by atoms with van der Waals surface area (Å²) in [5.41, 5.74) is 2.74. The first kappa shape index (κ1) is 14.6. The number of fused-ring (bicyclic) bond motifs is 1. The zero-order valence-electron chi connectivity index (χ0n) is 11.8. The lowest BCUT2D eigenvalue weighted by atomic mass is 9.82. The van der Waals surface area contributed by atoms with Gasteiger partial charge in [0, 0.05) is 13.0 Å².